The standard InChI is InChI=1S/C13H15F3O2/c14-13(15,16)11-7-9(8-17)5-6-12(11)18-10-3-1-2-4-10/h5-7,10,17H,1-4,8H2. The average Bonchev–Trinajstić information content (AvgIpc) is 2.81. The van der Waals surface area contributed by atoms with Crippen LogP contribution in [0.4, 0.5) is 13.2 Å². The first-order valence-electron chi connectivity index (χ1n) is 5.98. The van der Waals surface area contributed by atoms with Crippen molar-refractivity contribution < 1.29 is 23.0 Å². The van der Waals surface area contributed by atoms with E-state index >= 15 is 0 Å². The fourth-order valence-corrected chi connectivity index (χ4v) is 2.19. The zero-order valence-corrected chi connectivity index (χ0v) is 9.83. The van der Waals surface area contributed by atoms with Gasteiger partial charge in [0.1, 0.15) is 5.75 Å². The zero-order valence-electron chi connectivity index (χ0n) is 9.83. The summed E-state index contributed by atoms with van der Waals surface area (Å²) in [5.74, 6) is -0.133. The van der Waals surface area contributed by atoms with Crippen LogP contribution in [0, 0.1) is 0 Å². The topological polar surface area (TPSA) is 29.5 Å². The molecule has 0 aliphatic heterocycles. The molecule has 0 spiro atoms. The SMILES string of the molecule is OCc1ccc(OC2CCCC2)c(C(F)(F)F)c1. The van der Waals surface area contributed by atoms with Crippen molar-refractivity contribution in [1.82, 2.24) is 0 Å². The third kappa shape index (κ3) is 2.96. The van der Waals surface area contributed by atoms with Crippen LogP contribution >= 0.6 is 0 Å². The van der Waals surface area contributed by atoms with E-state index in [4.69, 9.17) is 9.84 Å². The number of aliphatic hydroxyl groups is 1. The zero-order chi connectivity index (χ0) is 13.2. The normalized spacial score (nSPS) is 17.1. The Balaban J connectivity index is 2.27. The van der Waals surface area contributed by atoms with E-state index in [1.54, 1.807) is 0 Å². The molecule has 1 saturated carbocycles. The number of hydrogen-bond acceptors (Lipinski definition) is 2. The Hall–Kier alpha value is -1.23. The van der Waals surface area contributed by atoms with Gasteiger partial charge in [-0.15, -0.1) is 0 Å². The Bertz CT molecular complexity index is 409. The van der Waals surface area contributed by atoms with Crippen LogP contribution in [0.5, 0.6) is 5.75 Å². The van der Waals surface area contributed by atoms with Gasteiger partial charge in [-0.25, -0.2) is 0 Å². The minimum atomic E-state index is -4.46. The highest BCUT2D eigenvalue weighted by Gasteiger charge is 2.35. The van der Waals surface area contributed by atoms with Gasteiger partial charge in [-0.1, -0.05) is 6.07 Å². The van der Waals surface area contributed by atoms with E-state index in [9.17, 15) is 13.2 Å². The number of halogens is 3. The molecule has 0 bridgehead atoms. The lowest BCUT2D eigenvalue weighted by atomic mass is 10.1. The van der Waals surface area contributed by atoms with Crippen molar-refractivity contribution >= 4 is 0 Å². The fourth-order valence-electron chi connectivity index (χ4n) is 2.19. The molecule has 0 unspecified atom stereocenters. The Morgan fingerprint density at radius 3 is 2.44 bits per heavy atom. The summed E-state index contributed by atoms with van der Waals surface area (Å²) in [6.07, 6.45) is -0.968. The summed E-state index contributed by atoms with van der Waals surface area (Å²) in [6.45, 7) is -0.410. The Morgan fingerprint density at radius 2 is 1.89 bits per heavy atom. The predicted octanol–water partition coefficient (Wildman–Crippen LogP) is 3.52. The van der Waals surface area contributed by atoms with Gasteiger partial charge in [0.25, 0.3) is 0 Å². The van der Waals surface area contributed by atoms with Crippen LogP contribution in [0.15, 0.2) is 18.2 Å². The predicted molar refractivity (Wildman–Crippen MR) is 60.3 cm³/mol. The minimum absolute atomic E-state index is 0.119. The van der Waals surface area contributed by atoms with Crippen LogP contribution in [-0.4, -0.2) is 11.2 Å². The summed E-state index contributed by atoms with van der Waals surface area (Å²) >= 11 is 0. The molecule has 18 heavy (non-hydrogen) atoms. The molecule has 2 rings (SSSR count). The van der Waals surface area contributed by atoms with E-state index in [2.05, 4.69) is 0 Å². The molecule has 1 aromatic rings. The van der Waals surface area contributed by atoms with Crippen LogP contribution < -0.4 is 4.74 Å². The van der Waals surface area contributed by atoms with Crippen molar-refractivity contribution in [3.63, 3.8) is 0 Å². The van der Waals surface area contributed by atoms with E-state index in [1.165, 1.54) is 12.1 Å². The summed E-state index contributed by atoms with van der Waals surface area (Å²) < 4.78 is 44.1. The molecule has 0 heterocycles. The molecule has 1 aliphatic carbocycles. The fraction of sp³-hybridized carbons (Fsp3) is 0.538. The Labute approximate surface area is 103 Å². The summed E-state index contributed by atoms with van der Waals surface area (Å²) in [5.41, 5.74) is -0.568. The van der Waals surface area contributed by atoms with Crippen LogP contribution in [0.1, 0.15) is 36.8 Å². The van der Waals surface area contributed by atoms with Gasteiger partial charge in [-0.3, -0.25) is 0 Å². The maximum atomic E-state index is 12.9. The number of ether oxygens (including phenoxy) is 1. The summed E-state index contributed by atoms with van der Waals surface area (Å²) in [6, 6.07) is 3.70. The molecule has 1 fully saturated rings. The molecule has 1 aromatic carbocycles. The summed E-state index contributed by atoms with van der Waals surface area (Å²) in [5, 5.41) is 8.89. The van der Waals surface area contributed by atoms with Gasteiger partial charge in [0.05, 0.1) is 18.3 Å². The molecule has 0 amide bonds. The van der Waals surface area contributed by atoms with Crippen LogP contribution in [0.2, 0.25) is 0 Å². The second-order valence-electron chi connectivity index (χ2n) is 4.51. The maximum absolute atomic E-state index is 12.9. The largest absolute Gasteiger partial charge is 0.490 e. The van der Waals surface area contributed by atoms with Crippen molar-refractivity contribution in [2.24, 2.45) is 0 Å². The van der Waals surface area contributed by atoms with Gasteiger partial charge in [0.15, 0.2) is 0 Å². The van der Waals surface area contributed by atoms with E-state index in [-0.39, 0.29) is 17.4 Å². The van der Waals surface area contributed by atoms with Gasteiger partial charge in [-0.2, -0.15) is 13.2 Å². The molecule has 1 N–H and O–H groups in total. The second-order valence-corrected chi connectivity index (χ2v) is 4.51. The maximum Gasteiger partial charge on any atom is 0.419 e. The van der Waals surface area contributed by atoms with Crippen molar-refractivity contribution in [3.8, 4) is 5.75 Å². The van der Waals surface area contributed by atoms with Crippen molar-refractivity contribution in [3.05, 3.63) is 29.3 Å². The van der Waals surface area contributed by atoms with Gasteiger partial charge in [-0.05, 0) is 43.4 Å². The lowest BCUT2D eigenvalue weighted by Gasteiger charge is -2.18. The van der Waals surface area contributed by atoms with E-state index < -0.39 is 18.3 Å². The number of alkyl halides is 3. The highest BCUT2D eigenvalue weighted by Crippen LogP contribution is 2.38. The summed E-state index contributed by atoms with van der Waals surface area (Å²) in [7, 11) is 0. The molecule has 5 heteroatoms. The smallest absolute Gasteiger partial charge is 0.419 e. The van der Waals surface area contributed by atoms with Gasteiger partial charge < -0.3 is 9.84 Å². The monoisotopic (exact) mass is 260 g/mol. The van der Waals surface area contributed by atoms with Crippen LogP contribution in [-0.2, 0) is 12.8 Å². The van der Waals surface area contributed by atoms with Crippen molar-refractivity contribution in [2.45, 2.75) is 44.6 Å². The average molecular weight is 260 g/mol. The van der Waals surface area contributed by atoms with Crippen molar-refractivity contribution in [2.75, 3.05) is 0 Å². The van der Waals surface area contributed by atoms with Gasteiger partial charge >= 0.3 is 6.18 Å². The number of benzene rings is 1. The van der Waals surface area contributed by atoms with Crippen LogP contribution in [0.3, 0.4) is 0 Å². The molecular formula is C13H15F3O2. The quantitative estimate of drug-likeness (QED) is 0.901. The first kappa shape index (κ1) is 13.2. The van der Waals surface area contributed by atoms with E-state index in [1.807, 2.05) is 0 Å². The van der Waals surface area contributed by atoms with Gasteiger partial charge in [0, 0.05) is 0 Å². The first-order chi connectivity index (χ1) is 8.50. The molecule has 2 nitrogen and oxygen atoms in total. The third-order valence-electron chi connectivity index (χ3n) is 3.13. The van der Waals surface area contributed by atoms with Gasteiger partial charge in [0.2, 0.25) is 0 Å². The molecule has 0 radical (unpaired) electrons. The molecular weight excluding hydrogens is 245 g/mol. The number of hydrogen-bond donors (Lipinski definition) is 1. The van der Waals surface area contributed by atoms with E-state index in [0.29, 0.717) is 0 Å². The number of aliphatic hydroxyl groups excluding tert-OH is 1. The summed E-state index contributed by atoms with van der Waals surface area (Å²) in [4.78, 5) is 0. The Morgan fingerprint density at radius 1 is 1.22 bits per heavy atom. The second kappa shape index (κ2) is 5.18. The minimum Gasteiger partial charge on any atom is -0.490 e. The Kier molecular flexibility index (Phi) is 3.80. The molecule has 1 aliphatic rings. The lowest BCUT2D eigenvalue weighted by Crippen LogP contribution is -2.15. The molecule has 0 aromatic heterocycles. The molecule has 100 valence electrons. The highest BCUT2D eigenvalue weighted by molar-refractivity contribution is 5.39. The van der Waals surface area contributed by atoms with E-state index in [0.717, 1.165) is 31.7 Å². The number of rotatable bonds is 3. The molecule has 0 atom stereocenters. The third-order valence-corrected chi connectivity index (χ3v) is 3.13. The van der Waals surface area contributed by atoms with Crippen LogP contribution in [0.25, 0.3) is 0 Å². The van der Waals surface area contributed by atoms with Crippen molar-refractivity contribution in [1.29, 1.82) is 0 Å². The lowest BCUT2D eigenvalue weighted by molar-refractivity contribution is -0.139. The molecule has 0 saturated heterocycles. The first-order valence-corrected chi connectivity index (χ1v) is 5.98. The highest BCUT2D eigenvalue weighted by atomic mass is 19.4.